The highest BCUT2D eigenvalue weighted by Crippen LogP contribution is 2.54. The second-order valence-corrected chi connectivity index (χ2v) is 4.86. The van der Waals surface area contributed by atoms with Gasteiger partial charge in [-0.05, 0) is 29.4 Å². The maximum absolute atomic E-state index is 12.5. The summed E-state index contributed by atoms with van der Waals surface area (Å²) < 4.78 is 37.6. The molecule has 0 saturated heterocycles. The van der Waals surface area contributed by atoms with E-state index >= 15 is 0 Å². The van der Waals surface area contributed by atoms with Crippen LogP contribution in [0.1, 0.15) is 24.5 Å². The van der Waals surface area contributed by atoms with Gasteiger partial charge in [-0.1, -0.05) is 25.1 Å². The summed E-state index contributed by atoms with van der Waals surface area (Å²) in [4.78, 5) is 0. The molecule has 0 N–H and O–H groups in total. The minimum atomic E-state index is -4.27. The summed E-state index contributed by atoms with van der Waals surface area (Å²) in [6.45, 7) is 1.97. The normalized spacial score (nSPS) is 29.2. The van der Waals surface area contributed by atoms with Crippen LogP contribution < -0.4 is 0 Å². The van der Waals surface area contributed by atoms with Crippen molar-refractivity contribution in [1.82, 2.24) is 0 Å². The van der Waals surface area contributed by atoms with Gasteiger partial charge in [0.15, 0.2) is 0 Å². The van der Waals surface area contributed by atoms with Crippen molar-refractivity contribution in [2.24, 2.45) is 5.92 Å². The Morgan fingerprint density at radius 2 is 2.12 bits per heavy atom. The third-order valence-corrected chi connectivity index (χ3v) is 3.82. The van der Waals surface area contributed by atoms with Gasteiger partial charge < -0.3 is 0 Å². The first kappa shape index (κ1) is 11.8. The van der Waals surface area contributed by atoms with Crippen molar-refractivity contribution >= 4 is 11.6 Å². The summed E-state index contributed by atoms with van der Waals surface area (Å²) in [5, 5.41) is 0. The predicted octanol–water partition coefficient (Wildman–Crippen LogP) is 4.22. The molecule has 0 nitrogen and oxygen atoms in total. The lowest BCUT2D eigenvalue weighted by atomic mass is 9.94. The van der Waals surface area contributed by atoms with Crippen LogP contribution in [0.15, 0.2) is 24.3 Å². The molecule has 16 heavy (non-hydrogen) atoms. The molecule has 0 radical (unpaired) electrons. The highest BCUT2D eigenvalue weighted by atomic mass is 35.5. The zero-order valence-corrected chi connectivity index (χ0v) is 9.57. The van der Waals surface area contributed by atoms with Crippen LogP contribution in [0.3, 0.4) is 0 Å². The van der Waals surface area contributed by atoms with E-state index in [1.165, 1.54) is 12.1 Å². The van der Waals surface area contributed by atoms with Crippen molar-refractivity contribution in [2.45, 2.75) is 24.9 Å². The Bertz CT molecular complexity index is 399. The van der Waals surface area contributed by atoms with Gasteiger partial charge in [-0.15, -0.1) is 11.6 Å². The van der Waals surface area contributed by atoms with Gasteiger partial charge in [0.25, 0.3) is 0 Å². The third kappa shape index (κ3) is 1.93. The van der Waals surface area contributed by atoms with E-state index in [9.17, 15) is 13.2 Å². The quantitative estimate of drug-likeness (QED) is 0.688. The summed E-state index contributed by atoms with van der Waals surface area (Å²) in [5.74, 6) is 0.810. The van der Waals surface area contributed by atoms with Crippen LogP contribution >= 0.6 is 11.6 Å². The summed E-state index contributed by atoms with van der Waals surface area (Å²) in [6.07, 6.45) is -3.39. The molecule has 0 amide bonds. The SMILES string of the molecule is CC1(c2cccc(C(F)(F)F)c2)CC1CCl. The minimum absolute atomic E-state index is 0.164. The molecule has 88 valence electrons. The second kappa shape index (κ2) is 3.66. The number of halogens is 4. The van der Waals surface area contributed by atoms with Gasteiger partial charge in [0.05, 0.1) is 5.56 Å². The fourth-order valence-corrected chi connectivity index (χ4v) is 2.53. The molecule has 1 saturated carbocycles. The number of hydrogen-bond donors (Lipinski definition) is 0. The molecule has 2 rings (SSSR count). The predicted molar refractivity (Wildman–Crippen MR) is 57.6 cm³/mol. The molecule has 2 unspecified atom stereocenters. The van der Waals surface area contributed by atoms with Gasteiger partial charge in [0.2, 0.25) is 0 Å². The fourth-order valence-electron chi connectivity index (χ4n) is 2.08. The van der Waals surface area contributed by atoms with Crippen LogP contribution in [0.25, 0.3) is 0 Å². The maximum Gasteiger partial charge on any atom is 0.416 e. The molecule has 0 aromatic heterocycles. The largest absolute Gasteiger partial charge is 0.416 e. The molecule has 2 atom stereocenters. The molecule has 1 fully saturated rings. The number of benzene rings is 1. The third-order valence-electron chi connectivity index (χ3n) is 3.45. The Kier molecular flexibility index (Phi) is 2.69. The van der Waals surface area contributed by atoms with Crippen molar-refractivity contribution in [3.05, 3.63) is 35.4 Å². The van der Waals surface area contributed by atoms with E-state index in [0.717, 1.165) is 18.1 Å². The van der Waals surface area contributed by atoms with Crippen molar-refractivity contribution in [3.8, 4) is 0 Å². The van der Waals surface area contributed by atoms with Gasteiger partial charge in [-0.2, -0.15) is 13.2 Å². The summed E-state index contributed by atoms with van der Waals surface area (Å²) in [5.41, 5.74) is 0.00245. The topological polar surface area (TPSA) is 0 Å². The molecular formula is C12H12ClF3. The molecule has 1 aliphatic carbocycles. The summed E-state index contributed by atoms with van der Waals surface area (Å²) in [7, 11) is 0. The van der Waals surface area contributed by atoms with Crippen molar-refractivity contribution in [2.75, 3.05) is 5.88 Å². The smallest absolute Gasteiger partial charge is 0.166 e. The Hall–Kier alpha value is -0.700. The molecule has 0 aliphatic heterocycles. The van der Waals surface area contributed by atoms with Gasteiger partial charge in [-0.25, -0.2) is 0 Å². The van der Waals surface area contributed by atoms with Crippen molar-refractivity contribution < 1.29 is 13.2 Å². The zero-order valence-electron chi connectivity index (χ0n) is 8.81. The monoisotopic (exact) mass is 248 g/mol. The molecular weight excluding hydrogens is 237 g/mol. The van der Waals surface area contributed by atoms with Crippen molar-refractivity contribution in [1.29, 1.82) is 0 Å². The average Bonchev–Trinajstić information content (AvgIpc) is 2.90. The second-order valence-electron chi connectivity index (χ2n) is 4.55. The van der Waals surface area contributed by atoms with Crippen molar-refractivity contribution in [3.63, 3.8) is 0 Å². The highest BCUT2D eigenvalue weighted by Gasteiger charge is 2.50. The average molecular weight is 249 g/mol. The molecule has 1 aliphatic rings. The van der Waals surface area contributed by atoms with E-state index in [-0.39, 0.29) is 5.41 Å². The Balaban J connectivity index is 2.31. The van der Waals surface area contributed by atoms with E-state index in [1.807, 2.05) is 6.92 Å². The van der Waals surface area contributed by atoms with Crippen LogP contribution in [-0.2, 0) is 11.6 Å². The maximum atomic E-state index is 12.5. The van der Waals surface area contributed by atoms with Gasteiger partial charge in [0.1, 0.15) is 0 Å². The lowest BCUT2D eigenvalue weighted by Crippen LogP contribution is -2.10. The van der Waals surface area contributed by atoms with Crippen LogP contribution in [0.2, 0.25) is 0 Å². The Morgan fingerprint density at radius 3 is 2.62 bits per heavy atom. The molecule has 0 bridgehead atoms. The fraction of sp³-hybridized carbons (Fsp3) is 0.500. The molecule has 0 spiro atoms. The number of alkyl halides is 4. The van der Waals surface area contributed by atoms with Gasteiger partial charge in [-0.3, -0.25) is 0 Å². The van der Waals surface area contributed by atoms with Gasteiger partial charge in [0, 0.05) is 5.88 Å². The number of hydrogen-bond acceptors (Lipinski definition) is 0. The molecule has 0 heterocycles. The van der Waals surface area contributed by atoms with E-state index in [2.05, 4.69) is 0 Å². The lowest BCUT2D eigenvalue weighted by molar-refractivity contribution is -0.137. The lowest BCUT2D eigenvalue weighted by Gasteiger charge is -2.14. The van der Waals surface area contributed by atoms with Crippen LogP contribution in [-0.4, -0.2) is 5.88 Å². The first-order valence-electron chi connectivity index (χ1n) is 5.11. The van der Waals surface area contributed by atoms with Crippen LogP contribution in [0.5, 0.6) is 0 Å². The summed E-state index contributed by atoms with van der Waals surface area (Å²) in [6, 6.07) is 5.56. The summed E-state index contributed by atoms with van der Waals surface area (Å²) >= 11 is 5.74. The molecule has 1 aromatic carbocycles. The van der Waals surface area contributed by atoms with E-state index in [4.69, 9.17) is 11.6 Å². The first-order chi connectivity index (χ1) is 7.38. The molecule has 4 heteroatoms. The van der Waals surface area contributed by atoms with E-state index in [1.54, 1.807) is 6.07 Å². The standard InChI is InChI=1S/C12H12ClF3/c1-11(6-10(11)7-13)8-3-2-4-9(5-8)12(14,15)16/h2-5,10H,6-7H2,1H3. The van der Waals surface area contributed by atoms with E-state index in [0.29, 0.717) is 11.8 Å². The highest BCUT2D eigenvalue weighted by molar-refractivity contribution is 6.18. The van der Waals surface area contributed by atoms with Crippen LogP contribution in [0, 0.1) is 5.92 Å². The van der Waals surface area contributed by atoms with Gasteiger partial charge >= 0.3 is 6.18 Å². The van der Waals surface area contributed by atoms with Crippen LogP contribution in [0.4, 0.5) is 13.2 Å². The minimum Gasteiger partial charge on any atom is -0.166 e. The first-order valence-corrected chi connectivity index (χ1v) is 5.65. The molecule has 1 aromatic rings. The zero-order chi connectivity index (χ0) is 12.0. The Morgan fingerprint density at radius 1 is 1.44 bits per heavy atom. The number of rotatable bonds is 2. The van der Waals surface area contributed by atoms with E-state index < -0.39 is 11.7 Å². The Labute approximate surface area is 97.4 Å².